The molecule has 0 saturated heterocycles. The Morgan fingerprint density at radius 3 is 2.77 bits per heavy atom. The maximum Gasteiger partial charge on any atom is 0.261 e. The Bertz CT molecular complexity index is 284. The summed E-state index contributed by atoms with van der Waals surface area (Å²) in [6, 6.07) is 9.85. The third-order valence-electron chi connectivity index (χ3n) is 1.43. The molecule has 0 aromatic heterocycles. The minimum atomic E-state index is 0.346. The van der Waals surface area contributed by atoms with Crippen LogP contribution in [0.1, 0.15) is 5.56 Å². The van der Waals surface area contributed by atoms with Gasteiger partial charge in [-0.25, -0.2) is 0 Å². The summed E-state index contributed by atoms with van der Waals surface area (Å²) >= 11 is 4.85. The Hall–Kier alpha value is -1.35. The predicted molar refractivity (Wildman–Crippen MR) is 57.2 cm³/mol. The molecule has 0 aliphatic carbocycles. The highest BCUT2D eigenvalue weighted by atomic mass is 32.1. The van der Waals surface area contributed by atoms with Crippen LogP contribution >= 0.6 is 12.2 Å². The van der Waals surface area contributed by atoms with Crippen molar-refractivity contribution in [1.82, 2.24) is 5.32 Å². The normalized spacial score (nSPS) is 8.92. The molecular formula is C10H11NOS. The van der Waals surface area contributed by atoms with Crippen LogP contribution in [0, 0.1) is 0 Å². The van der Waals surface area contributed by atoms with E-state index >= 15 is 0 Å². The number of benzene rings is 1. The van der Waals surface area contributed by atoms with E-state index in [0.717, 1.165) is 5.56 Å². The maximum atomic E-state index is 5.22. The van der Waals surface area contributed by atoms with Crippen molar-refractivity contribution in [2.24, 2.45) is 0 Å². The Balaban J connectivity index is 2.35. The minimum Gasteiger partial charge on any atom is -0.466 e. The molecule has 0 spiro atoms. The van der Waals surface area contributed by atoms with Crippen LogP contribution in [0.3, 0.4) is 0 Å². The zero-order valence-corrected chi connectivity index (χ0v) is 8.01. The average molecular weight is 193 g/mol. The van der Waals surface area contributed by atoms with Crippen molar-refractivity contribution in [2.45, 2.75) is 6.61 Å². The van der Waals surface area contributed by atoms with Gasteiger partial charge in [0.25, 0.3) is 5.17 Å². The van der Waals surface area contributed by atoms with E-state index < -0.39 is 0 Å². The zero-order chi connectivity index (χ0) is 9.52. The Morgan fingerprint density at radius 1 is 1.46 bits per heavy atom. The van der Waals surface area contributed by atoms with Gasteiger partial charge >= 0.3 is 0 Å². The summed E-state index contributed by atoms with van der Waals surface area (Å²) < 4.78 is 5.22. The summed E-state index contributed by atoms with van der Waals surface area (Å²) in [6.45, 7) is 3.96. The van der Waals surface area contributed by atoms with Crippen molar-refractivity contribution >= 4 is 17.4 Å². The van der Waals surface area contributed by atoms with Crippen LogP contribution in [0.15, 0.2) is 43.1 Å². The summed E-state index contributed by atoms with van der Waals surface area (Å²) in [4.78, 5) is 0. The van der Waals surface area contributed by atoms with Crippen LogP contribution in [0.4, 0.5) is 0 Å². The highest BCUT2D eigenvalue weighted by Crippen LogP contribution is 2.00. The Labute approximate surface area is 83.2 Å². The maximum absolute atomic E-state index is 5.22. The molecule has 0 bridgehead atoms. The van der Waals surface area contributed by atoms with Crippen LogP contribution in [-0.4, -0.2) is 5.17 Å². The van der Waals surface area contributed by atoms with Crippen molar-refractivity contribution in [1.29, 1.82) is 0 Å². The average Bonchev–Trinajstić information content (AvgIpc) is 2.17. The molecule has 68 valence electrons. The monoisotopic (exact) mass is 193 g/mol. The molecule has 0 heterocycles. The van der Waals surface area contributed by atoms with Crippen molar-refractivity contribution in [3.8, 4) is 0 Å². The second-order valence-corrected chi connectivity index (χ2v) is 2.78. The number of ether oxygens (including phenoxy) is 1. The summed E-state index contributed by atoms with van der Waals surface area (Å²) in [5.74, 6) is 0. The highest BCUT2D eigenvalue weighted by Gasteiger charge is 1.94. The van der Waals surface area contributed by atoms with Crippen molar-refractivity contribution in [3.05, 3.63) is 48.7 Å². The lowest BCUT2D eigenvalue weighted by atomic mass is 10.2. The number of thiocarbonyl (C=S) groups is 1. The molecule has 0 fully saturated rings. The molecule has 0 radical (unpaired) electrons. The topological polar surface area (TPSA) is 21.3 Å². The van der Waals surface area contributed by atoms with Gasteiger partial charge in [0.1, 0.15) is 6.61 Å². The SMILES string of the molecule is C=CNC(=S)OCc1ccccc1. The van der Waals surface area contributed by atoms with Gasteiger partial charge in [0, 0.05) is 0 Å². The first-order valence-electron chi connectivity index (χ1n) is 3.91. The first-order valence-corrected chi connectivity index (χ1v) is 4.32. The van der Waals surface area contributed by atoms with Crippen LogP contribution < -0.4 is 5.32 Å². The third-order valence-corrected chi connectivity index (χ3v) is 1.67. The lowest BCUT2D eigenvalue weighted by Crippen LogP contribution is -2.17. The van der Waals surface area contributed by atoms with E-state index in [9.17, 15) is 0 Å². The van der Waals surface area contributed by atoms with E-state index in [-0.39, 0.29) is 0 Å². The van der Waals surface area contributed by atoms with E-state index in [1.807, 2.05) is 30.3 Å². The van der Waals surface area contributed by atoms with Crippen molar-refractivity contribution in [2.75, 3.05) is 0 Å². The highest BCUT2D eigenvalue weighted by molar-refractivity contribution is 7.80. The third kappa shape index (κ3) is 3.71. The van der Waals surface area contributed by atoms with Gasteiger partial charge in [-0.3, -0.25) is 0 Å². The number of nitrogens with one attached hydrogen (secondary N) is 1. The summed E-state index contributed by atoms with van der Waals surface area (Å²) in [6.07, 6.45) is 1.49. The molecule has 0 atom stereocenters. The van der Waals surface area contributed by atoms with Crippen LogP contribution in [0.25, 0.3) is 0 Å². The largest absolute Gasteiger partial charge is 0.466 e. The first-order chi connectivity index (χ1) is 6.33. The van der Waals surface area contributed by atoms with Gasteiger partial charge in [0.15, 0.2) is 0 Å². The summed E-state index contributed by atoms with van der Waals surface area (Å²) in [5, 5.41) is 3.04. The molecule has 0 saturated carbocycles. The standard InChI is InChI=1S/C10H11NOS/c1-2-11-10(13)12-8-9-6-4-3-5-7-9/h2-7H,1,8H2,(H,11,13). The molecule has 1 rings (SSSR count). The Morgan fingerprint density at radius 2 is 2.15 bits per heavy atom. The molecule has 0 aliphatic heterocycles. The molecular weight excluding hydrogens is 182 g/mol. The summed E-state index contributed by atoms with van der Waals surface area (Å²) in [7, 11) is 0. The second kappa shape index (κ2) is 5.32. The van der Waals surface area contributed by atoms with Crippen LogP contribution in [0.2, 0.25) is 0 Å². The molecule has 3 heteroatoms. The van der Waals surface area contributed by atoms with E-state index in [2.05, 4.69) is 11.9 Å². The second-order valence-electron chi connectivity index (χ2n) is 2.41. The first kappa shape index (κ1) is 9.74. The van der Waals surface area contributed by atoms with Gasteiger partial charge in [0.2, 0.25) is 0 Å². The smallest absolute Gasteiger partial charge is 0.261 e. The van der Waals surface area contributed by atoms with E-state index in [1.54, 1.807) is 0 Å². The van der Waals surface area contributed by atoms with E-state index in [0.29, 0.717) is 11.8 Å². The lowest BCUT2D eigenvalue weighted by molar-refractivity contribution is 0.291. The van der Waals surface area contributed by atoms with Crippen molar-refractivity contribution < 1.29 is 4.74 Å². The molecule has 13 heavy (non-hydrogen) atoms. The summed E-state index contributed by atoms with van der Waals surface area (Å²) in [5.41, 5.74) is 1.09. The minimum absolute atomic E-state index is 0.346. The van der Waals surface area contributed by atoms with E-state index in [1.165, 1.54) is 6.20 Å². The fraction of sp³-hybridized carbons (Fsp3) is 0.100. The quantitative estimate of drug-likeness (QED) is 0.744. The molecule has 2 nitrogen and oxygen atoms in total. The van der Waals surface area contributed by atoms with Crippen LogP contribution in [0.5, 0.6) is 0 Å². The van der Waals surface area contributed by atoms with Gasteiger partial charge in [0.05, 0.1) is 0 Å². The van der Waals surface area contributed by atoms with Gasteiger partial charge in [-0.1, -0.05) is 36.9 Å². The molecule has 1 N–H and O–H groups in total. The molecule has 1 aromatic rings. The molecule has 1 aromatic carbocycles. The van der Waals surface area contributed by atoms with E-state index in [4.69, 9.17) is 17.0 Å². The number of hydrogen-bond donors (Lipinski definition) is 1. The Kier molecular flexibility index (Phi) is 3.99. The van der Waals surface area contributed by atoms with Gasteiger partial charge in [-0.05, 0) is 24.0 Å². The fourth-order valence-electron chi connectivity index (χ4n) is 0.848. The van der Waals surface area contributed by atoms with Crippen molar-refractivity contribution in [3.63, 3.8) is 0 Å². The molecule has 0 amide bonds. The van der Waals surface area contributed by atoms with Gasteiger partial charge < -0.3 is 10.1 Å². The van der Waals surface area contributed by atoms with Crippen LogP contribution in [-0.2, 0) is 11.3 Å². The number of rotatable bonds is 3. The predicted octanol–water partition coefficient (Wildman–Crippen LogP) is 2.22. The number of hydrogen-bond acceptors (Lipinski definition) is 2. The van der Waals surface area contributed by atoms with Gasteiger partial charge in [-0.15, -0.1) is 0 Å². The fourth-order valence-corrected chi connectivity index (χ4v) is 0.990. The van der Waals surface area contributed by atoms with Gasteiger partial charge in [-0.2, -0.15) is 0 Å². The molecule has 0 unspecified atom stereocenters. The zero-order valence-electron chi connectivity index (χ0n) is 7.19. The lowest BCUT2D eigenvalue weighted by Gasteiger charge is -2.05. The molecule has 0 aliphatic rings.